The van der Waals surface area contributed by atoms with Gasteiger partial charge in [0.05, 0.1) is 12.6 Å². The van der Waals surface area contributed by atoms with Crippen molar-refractivity contribution in [3.63, 3.8) is 0 Å². The average molecular weight is 277 g/mol. The Kier molecular flexibility index (Phi) is 5.09. The molecular weight excluding hydrogens is 254 g/mol. The highest BCUT2D eigenvalue weighted by Crippen LogP contribution is 2.21. The van der Waals surface area contributed by atoms with Crippen molar-refractivity contribution >= 4 is 5.91 Å². The van der Waals surface area contributed by atoms with Gasteiger partial charge in [-0.2, -0.15) is 0 Å². The lowest BCUT2D eigenvalue weighted by atomic mass is 10.1. The van der Waals surface area contributed by atoms with Crippen LogP contribution in [0.1, 0.15) is 25.8 Å². The van der Waals surface area contributed by atoms with E-state index in [1.54, 1.807) is 6.20 Å². The number of hydrogen-bond acceptors (Lipinski definition) is 4. The van der Waals surface area contributed by atoms with Crippen molar-refractivity contribution < 1.29 is 9.90 Å². The van der Waals surface area contributed by atoms with Crippen LogP contribution in [0, 0.1) is 0 Å². The van der Waals surface area contributed by atoms with Gasteiger partial charge in [0.15, 0.2) is 0 Å². The topological polar surface area (TPSA) is 56.7 Å². The second-order valence-electron chi connectivity index (χ2n) is 5.49. The monoisotopic (exact) mass is 277 g/mol. The molecule has 1 aliphatic rings. The molecule has 0 spiro atoms. The van der Waals surface area contributed by atoms with Crippen LogP contribution in [-0.4, -0.2) is 57.6 Å². The van der Waals surface area contributed by atoms with Crippen molar-refractivity contribution in [3.8, 4) is 0 Å². The first-order valence-corrected chi connectivity index (χ1v) is 7.17. The molecule has 0 aromatic carbocycles. The number of carbonyl (C=O) groups excluding carboxylic acids is 1. The lowest BCUT2D eigenvalue weighted by molar-refractivity contribution is -0.133. The molecule has 0 radical (unpaired) electrons. The Morgan fingerprint density at radius 2 is 2.35 bits per heavy atom. The van der Waals surface area contributed by atoms with Gasteiger partial charge in [-0.15, -0.1) is 0 Å². The standard InChI is InChI=1S/C15H23N3O2/c1-12(2)18-7-5-14(15(18)20)17(8-9-19)11-13-4-3-6-16-10-13/h3-4,6,10,12,14,19H,5,7-9,11H2,1-2H3. The zero-order chi connectivity index (χ0) is 14.5. The van der Waals surface area contributed by atoms with E-state index in [-0.39, 0.29) is 24.6 Å². The second-order valence-corrected chi connectivity index (χ2v) is 5.49. The lowest BCUT2D eigenvalue weighted by Crippen LogP contribution is -2.44. The smallest absolute Gasteiger partial charge is 0.240 e. The summed E-state index contributed by atoms with van der Waals surface area (Å²) in [5, 5.41) is 9.25. The van der Waals surface area contributed by atoms with E-state index in [0.717, 1.165) is 18.5 Å². The van der Waals surface area contributed by atoms with Crippen molar-refractivity contribution in [2.45, 2.75) is 38.9 Å². The SMILES string of the molecule is CC(C)N1CCC(N(CCO)Cc2cccnc2)C1=O. The van der Waals surface area contributed by atoms with E-state index in [2.05, 4.69) is 9.88 Å². The number of aliphatic hydroxyl groups excluding tert-OH is 1. The summed E-state index contributed by atoms with van der Waals surface area (Å²) in [5.41, 5.74) is 1.07. The summed E-state index contributed by atoms with van der Waals surface area (Å²) in [5.74, 6) is 0.178. The van der Waals surface area contributed by atoms with E-state index in [1.165, 1.54) is 0 Å². The quantitative estimate of drug-likeness (QED) is 0.839. The molecule has 20 heavy (non-hydrogen) atoms. The van der Waals surface area contributed by atoms with E-state index < -0.39 is 0 Å². The van der Waals surface area contributed by atoms with Crippen molar-refractivity contribution in [2.24, 2.45) is 0 Å². The molecule has 110 valence electrons. The molecule has 2 heterocycles. The lowest BCUT2D eigenvalue weighted by Gasteiger charge is -2.28. The summed E-state index contributed by atoms with van der Waals surface area (Å²) in [4.78, 5) is 20.5. The van der Waals surface area contributed by atoms with Crippen LogP contribution >= 0.6 is 0 Å². The average Bonchev–Trinajstić information content (AvgIpc) is 2.81. The van der Waals surface area contributed by atoms with Crippen LogP contribution in [-0.2, 0) is 11.3 Å². The molecule has 1 unspecified atom stereocenters. The molecule has 0 bridgehead atoms. The fourth-order valence-electron chi connectivity index (χ4n) is 2.74. The molecule has 1 fully saturated rings. The number of rotatable bonds is 6. The number of likely N-dealkylation sites (tertiary alicyclic amines) is 1. The first-order chi connectivity index (χ1) is 9.63. The maximum atomic E-state index is 12.4. The minimum atomic E-state index is -0.121. The van der Waals surface area contributed by atoms with Gasteiger partial charge in [-0.3, -0.25) is 14.7 Å². The van der Waals surface area contributed by atoms with E-state index in [4.69, 9.17) is 0 Å². The summed E-state index contributed by atoms with van der Waals surface area (Å²) >= 11 is 0. The molecular formula is C15H23N3O2. The van der Waals surface area contributed by atoms with Gasteiger partial charge in [0.2, 0.25) is 5.91 Å². The predicted molar refractivity (Wildman–Crippen MR) is 77.0 cm³/mol. The maximum Gasteiger partial charge on any atom is 0.240 e. The van der Waals surface area contributed by atoms with Gasteiger partial charge >= 0.3 is 0 Å². The molecule has 0 saturated carbocycles. The molecule has 1 N–H and O–H groups in total. The Labute approximate surface area is 120 Å². The van der Waals surface area contributed by atoms with Crippen LogP contribution in [0.2, 0.25) is 0 Å². The molecule has 5 nitrogen and oxygen atoms in total. The summed E-state index contributed by atoms with van der Waals surface area (Å²) in [6.45, 7) is 6.10. The summed E-state index contributed by atoms with van der Waals surface area (Å²) in [6.07, 6.45) is 4.38. The summed E-state index contributed by atoms with van der Waals surface area (Å²) in [6, 6.07) is 4.01. The summed E-state index contributed by atoms with van der Waals surface area (Å²) < 4.78 is 0. The number of aliphatic hydroxyl groups is 1. The number of carbonyl (C=O) groups is 1. The molecule has 1 aliphatic heterocycles. The van der Waals surface area contributed by atoms with Gasteiger partial charge in [0.25, 0.3) is 0 Å². The first kappa shape index (κ1) is 14.9. The maximum absolute atomic E-state index is 12.4. The zero-order valence-electron chi connectivity index (χ0n) is 12.2. The predicted octanol–water partition coefficient (Wildman–Crippen LogP) is 0.885. The van der Waals surface area contributed by atoms with Gasteiger partial charge < -0.3 is 10.0 Å². The zero-order valence-corrected chi connectivity index (χ0v) is 12.2. The largest absolute Gasteiger partial charge is 0.395 e. The Morgan fingerprint density at radius 1 is 1.55 bits per heavy atom. The van der Waals surface area contributed by atoms with Crippen LogP contribution in [0.25, 0.3) is 0 Å². The number of hydrogen-bond donors (Lipinski definition) is 1. The number of nitrogens with zero attached hydrogens (tertiary/aromatic N) is 3. The van der Waals surface area contributed by atoms with Crippen LogP contribution < -0.4 is 0 Å². The van der Waals surface area contributed by atoms with Crippen molar-refractivity contribution in [1.29, 1.82) is 0 Å². The van der Waals surface area contributed by atoms with E-state index in [1.807, 2.05) is 37.1 Å². The third-order valence-electron chi connectivity index (χ3n) is 3.77. The van der Waals surface area contributed by atoms with Gasteiger partial charge in [-0.25, -0.2) is 0 Å². The Bertz CT molecular complexity index is 436. The summed E-state index contributed by atoms with van der Waals surface area (Å²) in [7, 11) is 0. The van der Waals surface area contributed by atoms with Gasteiger partial charge in [0, 0.05) is 38.1 Å². The molecule has 5 heteroatoms. The minimum absolute atomic E-state index is 0.0612. The highest BCUT2D eigenvalue weighted by Gasteiger charge is 2.36. The fourth-order valence-corrected chi connectivity index (χ4v) is 2.74. The number of aromatic nitrogens is 1. The number of pyridine rings is 1. The number of amides is 1. The third-order valence-corrected chi connectivity index (χ3v) is 3.77. The van der Waals surface area contributed by atoms with Gasteiger partial charge in [-0.05, 0) is 31.9 Å². The van der Waals surface area contributed by atoms with Crippen LogP contribution in [0.4, 0.5) is 0 Å². The Hall–Kier alpha value is -1.46. The molecule has 0 aliphatic carbocycles. The van der Waals surface area contributed by atoms with Crippen LogP contribution in [0.3, 0.4) is 0 Å². The molecule has 1 aromatic rings. The van der Waals surface area contributed by atoms with Crippen LogP contribution in [0.5, 0.6) is 0 Å². The third kappa shape index (κ3) is 3.35. The molecule has 1 amide bonds. The Morgan fingerprint density at radius 3 is 2.90 bits per heavy atom. The van der Waals surface area contributed by atoms with Gasteiger partial charge in [0.1, 0.15) is 0 Å². The van der Waals surface area contributed by atoms with Crippen molar-refractivity contribution in [3.05, 3.63) is 30.1 Å². The van der Waals surface area contributed by atoms with E-state index >= 15 is 0 Å². The molecule has 2 rings (SSSR count). The van der Waals surface area contributed by atoms with Crippen molar-refractivity contribution in [1.82, 2.24) is 14.8 Å². The van der Waals surface area contributed by atoms with Crippen LogP contribution in [0.15, 0.2) is 24.5 Å². The highest BCUT2D eigenvalue weighted by molar-refractivity contribution is 5.84. The fraction of sp³-hybridized carbons (Fsp3) is 0.600. The Balaban J connectivity index is 2.07. The van der Waals surface area contributed by atoms with E-state index in [0.29, 0.717) is 13.1 Å². The highest BCUT2D eigenvalue weighted by atomic mass is 16.3. The first-order valence-electron chi connectivity index (χ1n) is 7.17. The van der Waals surface area contributed by atoms with Gasteiger partial charge in [-0.1, -0.05) is 6.07 Å². The minimum Gasteiger partial charge on any atom is -0.395 e. The van der Waals surface area contributed by atoms with Crippen molar-refractivity contribution in [2.75, 3.05) is 19.7 Å². The second kappa shape index (κ2) is 6.81. The normalized spacial score (nSPS) is 19.4. The molecule has 1 aromatic heterocycles. The molecule has 1 atom stereocenters. The molecule has 1 saturated heterocycles. The van der Waals surface area contributed by atoms with E-state index in [9.17, 15) is 9.90 Å².